The Balaban J connectivity index is 2.69. The standard InChI is InChI=1S/C11H15BrO/c1-8(9(2)13)7-10-5-3-4-6-11(10)12/h3-6,8-9,13H,7H2,1-2H3. The summed E-state index contributed by atoms with van der Waals surface area (Å²) in [5.74, 6) is 0.304. The zero-order chi connectivity index (χ0) is 9.84. The topological polar surface area (TPSA) is 20.2 Å². The first kappa shape index (κ1) is 10.7. The lowest BCUT2D eigenvalue weighted by molar-refractivity contribution is 0.135. The Morgan fingerprint density at radius 1 is 1.31 bits per heavy atom. The van der Waals surface area contributed by atoms with Crippen LogP contribution in [0.15, 0.2) is 28.7 Å². The number of aliphatic hydroxyl groups is 1. The third-order valence-electron chi connectivity index (χ3n) is 2.32. The van der Waals surface area contributed by atoms with Crippen LogP contribution >= 0.6 is 15.9 Å². The average Bonchev–Trinajstić information content (AvgIpc) is 2.08. The van der Waals surface area contributed by atoms with E-state index < -0.39 is 0 Å². The van der Waals surface area contributed by atoms with Crippen LogP contribution in [0.25, 0.3) is 0 Å². The fraction of sp³-hybridized carbons (Fsp3) is 0.455. The summed E-state index contributed by atoms with van der Waals surface area (Å²) in [5, 5.41) is 9.36. The number of halogens is 1. The molecule has 0 radical (unpaired) electrons. The van der Waals surface area contributed by atoms with Gasteiger partial charge in [-0.2, -0.15) is 0 Å². The van der Waals surface area contributed by atoms with E-state index in [4.69, 9.17) is 0 Å². The average molecular weight is 243 g/mol. The van der Waals surface area contributed by atoms with Crippen molar-refractivity contribution in [2.45, 2.75) is 26.4 Å². The Morgan fingerprint density at radius 3 is 2.46 bits per heavy atom. The lowest BCUT2D eigenvalue weighted by Gasteiger charge is -2.15. The predicted octanol–water partition coefficient (Wildman–Crippen LogP) is 3.01. The third-order valence-corrected chi connectivity index (χ3v) is 3.10. The molecule has 0 saturated carbocycles. The lowest BCUT2D eigenvalue weighted by Crippen LogP contribution is -2.15. The van der Waals surface area contributed by atoms with Crippen LogP contribution in [0.3, 0.4) is 0 Å². The zero-order valence-corrected chi connectivity index (χ0v) is 9.58. The van der Waals surface area contributed by atoms with Gasteiger partial charge in [0, 0.05) is 4.47 Å². The normalized spacial score (nSPS) is 15.4. The molecule has 0 amide bonds. The van der Waals surface area contributed by atoms with Gasteiger partial charge in [0.1, 0.15) is 0 Å². The summed E-state index contributed by atoms with van der Waals surface area (Å²) >= 11 is 3.49. The van der Waals surface area contributed by atoms with E-state index in [1.54, 1.807) is 0 Å². The highest BCUT2D eigenvalue weighted by molar-refractivity contribution is 9.10. The molecule has 0 heterocycles. The maximum Gasteiger partial charge on any atom is 0.0540 e. The van der Waals surface area contributed by atoms with Crippen LogP contribution in [-0.4, -0.2) is 11.2 Å². The van der Waals surface area contributed by atoms with Gasteiger partial charge in [-0.25, -0.2) is 0 Å². The highest BCUT2D eigenvalue weighted by atomic mass is 79.9. The minimum absolute atomic E-state index is 0.243. The summed E-state index contributed by atoms with van der Waals surface area (Å²) in [7, 11) is 0. The fourth-order valence-electron chi connectivity index (χ4n) is 1.18. The molecule has 0 saturated heterocycles. The molecule has 0 aliphatic carbocycles. The van der Waals surface area contributed by atoms with Gasteiger partial charge in [-0.05, 0) is 30.9 Å². The minimum Gasteiger partial charge on any atom is -0.393 e. The molecule has 2 heteroatoms. The van der Waals surface area contributed by atoms with Crippen molar-refractivity contribution >= 4 is 15.9 Å². The first-order valence-corrected chi connectivity index (χ1v) is 5.32. The lowest BCUT2D eigenvalue weighted by atomic mass is 9.97. The van der Waals surface area contributed by atoms with Gasteiger partial charge in [-0.3, -0.25) is 0 Å². The molecular weight excluding hydrogens is 228 g/mol. The summed E-state index contributed by atoms with van der Waals surface area (Å²) in [6, 6.07) is 8.14. The van der Waals surface area contributed by atoms with Crippen molar-refractivity contribution < 1.29 is 5.11 Å². The second-order valence-electron chi connectivity index (χ2n) is 3.51. The smallest absolute Gasteiger partial charge is 0.0540 e. The summed E-state index contributed by atoms with van der Waals surface area (Å²) < 4.78 is 1.13. The molecule has 2 atom stereocenters. The van der Waals surface area contributed by atoms with Gasteiger partial charge in [-0.15, -0.1) is 0 Å². The van der Waals surface area contributed by atoms with Crippen molar-refractivity contribution in [2.24, 2.45) is 5.92 Å². The van der Waals surface area contributed by atoms with Crippen LogP contribution in [0, 0.1) is 5.92 Å². The van der Waals surface area contributed by atoms with Crippen molar-refractivity contribution in [3.05, 3.63) is 34.3 Å². The third kappa shape index (κ3) is 3.12. The van der Waals surface area contributed by atoms with Crippen LogP contribution in [0.1, 0.15) is 19.4 Å². The van der Waals surface area contributed by atoms with Crippen molar-refractivity contribution in [3.8, 4) is 0 Å². The molecule has 2 unspecified atom stereocenters. The molecule has 0 bridgehead atoms. The minimum atomic E-state index is -0.243. The molecule has 13 heavy (non-hydrogen) atoms. The van der Waals surface area contributed by atoms with Crippen molar-refractivity contribution in [3.63, 3.8) is 0 Å². The van der Waals surface area contributed by atoms with Crippen molar-refractivity contribution in [2.75, 3.05) is 0 Å². The van der Waals surface area contributed by atoms with Gasteiger partial charge in [0.25, 0.3) is 0 Å². The first-order valence-electron chi connectivity index (χ1n) is 4.52. The quantitative estimate of drug-likeness (QED) is 0.865. The number of hydrogen-bond donors (Lipinski definition) is 1. The molecule has 1 aromatic rings. The molecule has 0 spiro atoms. The molecule has 1 rings (SSSR count). The molecular formula is C11H15BrO. The van der Waals surface area contributed by atoms with Crippen LogP contribution in [0.5, 0.6) is 0 Å². The van der Waals surface area contributed by atoms with E-state index in [2.05, 4.69) is 28.9 Å². The van der Waals surface area contributed by atoms with E-state index in [1.807, 2.05) is 25.1 Å². The maximum atomic E-state index is 9.36. The molecule has 0 fully saturated rings. The Labute approximate surface area is 87.9 Å². The molecule has 0 aromatic heterocycles. The maximum absolute atomic E-state index is 9.36. The number of benzene rings is 1. The van der Waals surface area contributed by atoms with E-state index in [0.717, 1.165) is 10.9 Å². The Kier molecular flexibility index (Phi) is 3.94. The second kappa shape index (κ2) is 4.77. The Bertz CT molecular complexity index is 271. The number of rotatable bonds is 3. The van der Waals surface area contributed by atoms with Crippen molar-refractivity contribution in [1.29, 1.82) is 0 Å². The van der Waals surface area contributed by atoms with Gasteiger partial charge in [0.15, 0.2) is 0 Å². The van der Waals surface area contributed by atoms with E-state index in [9.17, 15) is 5.11 Å². The number of hydrogen-bond acceptors (Lipinski definition) is 1. The van der Waals surface area contributed by atoms with Gasteiger partial charge in [-0.1, -0.05) is 41.1 Å². The van der Waals surface area contributed by atoms with Gasteiger partial charge in [0.05, 0.1) is 6.10 Å². The van der Waals surface area contributed by atoms with Gasteiger partial charge < -0.3 is 5.11 Å². The first-order chi connectivity index (χ1) is 6.11. The predicted molar refractivity (Wildman–Crippen MR) is 58.7 cm³/mol. The summed E-state index contributed by atoms with van der Waals surface area (Å²) in [4.78, 5) is 0. The van der Waals surface area contributed by atoms with Crippen LogP contribution < -0.4 is 0 Å². The largest absolute Gasteiger partial charge is 0.393 e. The molecule has 1 nitrogen and oxygen atoms in total. The number of aliphatic hydroxyl groups excluding tert-OH is 1. The Morgan fingerprint density at radius 2 is 1.92 bits per heavy atom. The molecule has 72 valence electrons. The van der Waals surface area contributed by atoms with Gasteiger partial charge in [0.2, 0.25) is 0 Å². The monoisotopic (exact) mass is 242 g/mol. The molecule has 0 aliphatic rings. The van der Waals surface area contributed by atoms with E-state index in [1.165, 1.54) is 5.56 Å². The van der Waals surface area contributed by atoms with E-state index in [0.29, 0.717) is 5.92 Å². The summed E-state index contributed by atoms with van der Waals surface area (Å²) in [6.45, 7) is 3.89. The molecule has 1 N–H and O–H groups in total. The molecule has 1 aromatic carbocycles. The molecule has 0 aliphatic heterocycles. The SMILES string of the molecule is CC(O)C(C)Cc1ccccc1Br. The zero-order valence-electron chi connectivity index (χ0n) is 8.00. The van der Waals surface area contributed by atoms with Gasteiger partial charge >= 0.3 is 0 Å². The summed E-state index contributed by atoms with van der Waals surface area (Å²) in [6.07, 6.45) is 0.672. The van der Waals surface area contributed by atoms with E-state index >= 15 is 0 Å². The summed E-state index contributed by atoms with van der Waals surface area (Å²) in [5.41, 5.74) is 1.26. The van der Waals surface area contributed by atoms with Crippen LogP contribution in [0.2, 0.25) is 0 Å². The highest BCUT2D eigenvalue weighted by Crippen LogP contribution is 2.20. The van der Waals surface area contributed by atoms with Crippen LogP contribution in [0.4, 0.5) is 0 Å². The van der Waals surface area contributed by atoms with Crippen LogP contribution in [-0.2, 0) is 6.42 Å². The van der Waals surface area contributed by atoms with Crippen molar-refractivity contribution in [1.82, 2.24) is 0 Å². The fourth-order valence-corrected chi connectivity index (χ4v) is 1.63. The Hall–Kier alpha value is -0.340. The highest BCUT2D eigenvalue weighted by Gasteiger charge is 2.10. The van der Waals surface area contributed by atoms with E-state index in [-0.39, 0.29) is 6.10 Å². The second-order valence-corrected chi connectivity index (χ2v) is 4.37.